The number of aryl methyl sites for hydroxylation is 1. The molecule has 0 fully saturated rings. The van der Waals surface area contributed by atoms with Gasteiger partial charge in [-0.3, -0.25) is 0 Å². The molecule has 0 saturated carbocycles. The molecular formula is C51H33BrN4O. The number of para-hydroxylation sites is 2. The Hall–Kier alpha value is -7.02. The summed E-state index contributed by atoms with van der Waals surface area (Å²) in [5, 5.41) is 7.19. The molecule has 12 aromatic rings. The second-order valence-corrected chi connectivity index (χ2v) is 15.3. The largest absolute Gasteiger partial charge is 0.472 e. The third-order valence-electron chi connectivity index (χ3n) is 11.1. The molecule has 7 aromatic heterocycles. The van der Waals surface area contributed by atoms with Crippen LogP contribution in [0.25, 0.3) is 99.1 Å². The SMILES string of the molecule is Cc1ccc(-c2nc3ccccc3c3c(Br)c4ccccn4c23)cc1.c1ccc2c(-c3nc4ccccc4c4cc5ccc(-c6ccoc6)cn5c34)cccc2c1. The van der Waals surface area contributed by atoms with Gasteiger partial charge >= 0.3 is 0 Å². The predicted octanol–water partition coefficient (Wildman–Crippen LogP) is 14.1. The first-order valence-electron chi connectivity index (χ1n) is 19.0. The zero-order valence-corrected chi connectivity index (χ0v) is 32.5. The molecule has 270 valence electrons. The maximum atomic E-state index is 5.33. The molecule has 5 nitrogen and oxygen atoms in total. The van der Waals surface area contributed by atoms with E-state index in [-0.39, 0.29) is 0 Å². The van der Waals surface area contributed by atoms with Crippen LogP contribution in [0.3, 0.4) is 0 Å². The Balaban J connectivity index is 0.000000135. The smallest absolute Gasteiger partial charge is 0.0981 e. The van der Waals surface area contributed by atoms with E-state index in [1.54, 1.807) is 12.5 Å². The molecule has 0 aliphatic heterocycles. The molecule has 57 heavy (non-hydrogen) atoms. The number of benzene rings is 5. The van der Waals surface area contributed by atoms with Crippen molar-refractivity contribution in [2.45, 2.75) is 6.92 Å². The minimum absolute atomic E-state index is 1.000. The van der Waals surface area contributed by atoms with Crippen LogP contribution in [0.4, 0.5) is 0 Å². The van der Waals surface area contributed by atoms with Crippen LogP contribution in [0.5, 0.6) is 0 Å². The summed E-state index contributed by atoms with van der Waals surface area (Å²) in [6.45, 7) is 2.11. The van der Waals surface area contributed by atoms with E-state index in [4.69, 9.17) is 14.4 Å². The van der Waals surface area contributed by atoms with Crippen molar-refractivity contribution in [3.8, 4) is 33.6 Å². The number of hydrogen-bond donors (Lipinski definition) is 0. The molecule has 0 aliphatic carbocycles. The molecule has 12 rings (SSSR count). The van der Waals surface area contributed by atoms with Crippen LogP contribution in [0.15, 0.2) is 192 Å². The Kier molecular flexibility index (Phi) is 7.79. The van der Waals surface area contributed by atoms with Gasteiger partial charge in [-0.15, -0.1) is 0 Å². The Morgan fingerprint density at radius 3 is 2.07 bits per heavy atom. The predicted molar refractivity (Wildman–Crippen MR) is 239 cm³/mol. The number of hydrogen-bond acceptors (Lipinski definition) is 3. The topological polar surface area (TPSA) is 47.7 Å². The molecule has 0 spiro atoms. The number of pyridine rings is 4. The monoisotopic (exact) mass is 796 g/mol. The first kappa shape index (κ1) is 33.3. The summed E-state index contributed by atoms with van der Waals surface area (Å²) in [6, 6.07) is 55.2. The van der Waals surface area contributed by atoms with E-state index in [1.165, 1.54) is 37.9 Å². The molecule has 5 aromatic carbocycles. The van der Waals surface area contributed by atoms with E-state index in [9.17, 15) is 0 Å². The van der Waals surface area contributed by atoms with E-state index < -0.39 is 0 Å². The normalized spacial score (nSPS) is 11.7. The highest BCUT2D eigenvalue weighted by Gasteiger charge is 2.19. The molecule has 0 atom stereocenters. The van der Waals surface area contributed by atoms with E-state index in [2.05, 4.69) is 190 Å². The van der Waals surface area contributed by atoms with Crippen molar-refractivity contribution in [2.24, 2.45) is 0 Å². The lowest BCUT2D eigenvalue weighted by molar-refractivity contribution is 0.568. The van der Waals surface area contributed by atoms with Gasteiger partial charge in [0.25, 0.3) is 0 Å². The number of halogens is 1. The maximum absolute atomic E-state index is 5.33. The van der Waals surface area contributed by atoms with Crippen molar-refractivity contribution >= 4 is 81.3 Å². The Morgan fingerprint density at radius 1 is 0.544 bits per heavy atom. The molecule has 0 aliphatic rings. The van der Waals surface area contributed by atoms with Crippen molar-refractivity contribution < 1.29 is 4.42 Å². The summed E-state index contributed by atoms with van der Waals surface area (Å²) in [5.74, 6) is 0. The lowest BCUT2D eigenvalue weighted by Gasteiger charge is -2.11. The Morgan fingerprint density at radius 2 is 1.25 bits per heavy atom. The highest BCUT2D eigenvalue weighted by atomic mass is 79.9. The van der Waals surface area contributed by atoms with Gasteiger partial charge in [0.15, 0.2) is 0 Å². The van der Waals surface area contributed by atoms with Crippen molar-refractivity contribution in [1.29, 1.82) is 0 Å². The Labute approximate surface area is 336 Å². The number of furan rings is 1. The first-order chi connectivity index (χ1) is 28.1. The second kappa shape index (κ2) is 13.3. The molecule has 0 radical (unpaired) electrons. The van der Waals surface area contributed by atoms with Gasteiger partial charge < -0.3 is 13.2 Å². The fourth-order valence-corrected chi connectivity index (χ4v) is 9.05. The number of aromatic nitrogens is 4. The molecule has 7 heterocycles. The van der Waals surface area contributed by atoms with E-state index >= 15 is 0 Å². The van der Waals surface area contributed by atoms with Crippen LogP contribution < -0.4 is 0 Å². The number of fused-ring (bicyclic) bond motifs is 11. The molecule has 0 unspecified atom stereocenters. The molecule has 0 saturated heterocycles. The average Bonchev–Trinajstić information content (AvgIpc) is 4.01. The second-order valence-electron chi connectivity index (χ2n) is 14.5. The Bertz CT molecular complexity index is 3480. The third kappa shape index (κ3) is 5.44. The van der Waals surface area contributed by atoms with Gasteiger partial charge in [0, 0.05) is 61.7 Å². The van der Waals surface area contributed by atoms with Gasteiger partial charge in [0.1, 0.15) is 0 Å². The molecule has 6 heteroatoms. The lowest BCUT2D eigenvalue weighted by Crippen LogP contribution is -1.93. The fourth-order valence-electron chi connectivity index (χ4n) is 8.32. The lowest BCUT2D eigenvalue weighted by atomic mass is 9.99. The molecular weight excluding hydrogens is 764 g/mol. The molecule has 0 bridgehead atoms. The zero-order chi connectivity index (χ0) is 38.0. The minimum atomic E-state index is 1.000. The summed E-state index contributed by atoms with van der Waals surface area (Å²) in [7, 11) is 0. The highest BCUT2D eigenvalue weighted by molar-refractivity contribution is 9.10. The quantitative estimate of drug-likeness (QED) is 0.179. The number of rotatable bonds is 3. The maximum Gasteiger partial charge on any atom is 0.0981 e. The summed E-state index contributed by atoms with van der Waals surface area (Å²) in [6.07, 6.45) is 7.79. The van der Waals surface area contributed by atoms with Crippen molar-refractivity contribution in [2.75, 3.05) is 0 Å². The van der Waals surface area contributed by atoms with Crippen LogP contribution in [0.1, 0.15) is 5.56 Å². The van der Waals surface area contributed by atoms with Crippen molar-refractivity contribution in [3.05, 3.63) is 193 Å². The summed E-state index contributed by atoms with van der Waals surface area (Å²) in [5.41, 5.74) is 14.3. The van der Waals surface area contributed by atoms with Gasteiger partial charge in [0.2, 0.25) is 0 Å². The zero-order valence-electron chi connectivity index (χ0n) is 30.9. The molecule has 0 N–H and O–H groups in total. The van der Waals surface area contributed by atoms with E-state index in [0.29, 0.717) is 0 Å². The summed E-state index contributed by atoms with van der Waals surface area (Å²) >= 11 is 3.84. The van der Waals surface area contributed by atoms with Crippen LogP contribution in [-0.4, -0.2) is 18.8 Å². The summed E-state index contributed by atoms with van der Waals surface area (Å²) < 4.78 is 10.9. The van der Waals surface area contributed by atoms with Crippen molar-refractivity contribution in [3.63, 3.8) is 0 Å². The van der Waals surface area contributed by atoms with Gasteiger partial charge in [-0.25, -0.2) is 9.97 Å². The van der Waals surface area contributed by atoms with Crippen LogP contribution in [-0.2, 0) is 0 Å². The van der Waals surface area contributed by atoms with Gasteiger partial charge in [0.05, 0.1) is 56.0 Å². The van der Waals surface area contributed by atoms with Gasteiger partial charge in [-0.1, -0.05) is 121 Å². The standard InChI is InChI=1S/C29H18N2O.C22H15BrN2/c1-2-8-23-19(6-1)7-5-10-25(23)28-29-26(24-9-3-4-11-27(24)30-28)16-22-13-12-20(17-31(22)29)21-14-15-32-18-21;1-14-9-11-15(12-10-14)21-22-19(16-6-2-3-7-17(16)24-21)20(23)18-8-4-5-13-25(18)22/h1-18H;2-13H,1H3. The fraction of sp³-hybridized carbons (Fsp3) is 0.0196. The van der Waals surface area contributed by atoms with E-state index in [1.807, 2.05) is 12.1 Å². The van der Waals surface area contributed by atoms with Gasteiger partial charge in [-0.05, 0) is 76.1 Å². The van der Waals surface area contributed by atoms with Crippen LogP contribution in [0.2, 0.25) is 0 Å². The summed E-state index contributed by atoms with van der Waals surface area (Å²) in [4.78, 5) is 10.2. The van der Waals surface area contributed by atoms with Crippen LogP contribution >= 0.6 is 15.9 Å². The average molecular weight is 798 g/mol. The minimum Gasteiger partial charge on any atom is -0.472 e. The molecule has 0 amide bonds. The van der Waals surface area contributed by atoms with Gasteiger partial charge in [-0.2, -0.15) is 0 Å². The highest BCUT2D eigenvalue weighted by Crippen LogP contribution is 2.41. The first-order valence-corrected chi connectivity index (χ1v) is 19.8. The number of nitrogens with zero attached hydrogens (tertiary/aromatic N) is 4. The van der Waals surface area contributed by atoms with Crippen molar-refractivity contribution in [1.82, 2.24) is 18.8 Å². The third-order valence-corrected chi connectivity index (χ3v) is 11.9. The van der Waals surface area contributed by atoms with E-state index in [0.717, 1.165) is 71.2 Å². The van der Waals surface area contributed by atoms with Crippen LogP contribution in [0, 0.1) is 6.92 Å².